The van der Waals surface area contributed by atoms with Crippen molar-refractivity contribution < 1.29 is 28.3 Å². The minimum atomic E-state index is -1.11. The highest BCUT2D eigenvalue weighted by molar-refractivity contribution is 6.08. The highest BCUT2D eigenvalue weighted by Crippen LogP contribution is 2.20. The summed E-state index contributed by atoms with van der Waals surface area (Å²) in [5.41, 5.74) is -0.364. The third-order valence-corrected chi connectivity index (χ3v) is 4.40. The molecule has 0 aliphatic carbocycles. The van der Waals surface area contributed by atoms with E-state index >= 15 is 0 Å². The van der Waals surface area contributed by atoms with Gasteiger partial charge in [-0.2, -0.15) is 0 Å². The second kappa shape index (κ2) is 8.15. The van der Waals surface area contributed by atoms with Crippen LogP contribution in [-0.4, -0.2) is 46.9 Å². The fourth-order valence-corrected chi connectivity index (χ4v) is 2.48. The van der Waals surface area contributed by atoms with Crippen molar-refractivity contribution in [1.29, 1.82) is 0 Å². The van der Waals surface area contributed by atoms with Crippen LogP contribution < -0.4 is 10.6 Å². The lowest BCUT2D eigenvalue weighted by Crippen LogP contribution is -2.44. The fraction of sp³-hybridized carbons (Fsp3) is 0.444. The molecular formula is C18H22FN3O5. The van der Waals surface area contributed by atoms with Gasteiger partial charge in [-0.3, -0.25) is 19.3 Å². The van der Waals surface area contributed by atoms with Crippen molar-refractivity contribution in [2.75, 3.05) is 6.54 Å². The average Bonchev–Trinajstić information content (AvgIpc) is 2.84. The van der Waals surface area contributed by atoms with Crippen molar-refractivity contribution in [1.82, 2.24) is 15.5 Å². The number of imide groups is 1. The van der Waals surface area contributed by atoms with E-state index in [1.54, 1.807) is 13.8 Å². The molecule has 8 nitrogen and oxygen atoms in total. The van der Waals surface area contributed by atoms with Crippen LogP contribution in [0.25, 0.3) is 0 Å². The fourth-order valence-electron chi connectivity index (χ4n) is 2.48. The molecule has 1 saturated heterocycles. The number of esters is 1. The normalized spacial score (nSPS) is 20.2. The average molecular weight is 379 g/mol. The second-order valence-electron chi connectivity index (χ2n) is 6.48. The first-order valence-electron chi connectivity index (χ1n) is 8.52. The Labute approximate surface area is 156 Å². The summed E-state index contributed by atoms with van der Waals surface area (Å²) in [6, 6.07) is 4.92. The number of rotatable bonds is 7. The van der Waals surface area contributed by atoms with Crippen LogP contribution in [-0.2, 0) is 25.7 Å². The third-order valence-electron chi connectivity index (χ3n) is 4.40. The SMILES string of the molecule is CC[C@@]1(C)NC(=O)N(CC(=O)O[C@@H](C)C(=O)NCc2ccc(F)cc2)C1=O. The van der Waals surface area contributed by atoms with Gasteiger partial charge in [0.2, 0.25) is 0 Å². The number of carbonyl (C=O) groups is 4. The number of amides is 4. The van der Waals surface area contributed by atoms with Crippen LogP contribution in [0.1, 0.15) is 32.8 Å². The Kier molecular flexibility index (Phi) is 6.14. The smallest absolute Gasteiger partial charge is 0.327 e. The van der Waals surface area contributed by atoms with Gasteiger partial charge in [0.05, 0.1) is 0 Å². The van der Waals surface area contributed by atoms with Gasteiger partial charge in [-0.05, 0) is 38.0 Å². The molecule has 2 rings (SSSR count). The van der Waals surface area contributed by atoms with Crippen molar-refractivity contribution in [3.05, 3.63) is 35.6 Å². The van der Waals surface area contributed by atoms with E-state index < -0.39 is 42.0 Å². The van der Waals surface area contributed by atoms with Crippen LogP contribution in [0.4, 0.5) is 9.18 Å². The summed E-state index contributed by atoms with van der Waals surface area (Å²) >= 11 is 0. The van der Waals surface area contributed by atoms with Crippen LogP contribution in [0.5, 0.6) is 0 Å². The van der Waals surface area contributed by atoms with Crippen LogP contribution in [0, 0.1) is 5.82 Å². The predicted octanol–water partition coefficient (Wildman–Crippen LogP) is 1.09. The molecule has 0 radical (unpaired) electrons. The van der Waals surface area contributed by atoms with Crippen molar-refractivity contribution in [2.45, 2.75) is 45.4 Å². The molecule has 1 aromatic rings. The molecule has 146 valence electrons. The minimum absolute atomic E-state index is 0.142. The number of nitrogens with one attached hydrogen (secondary N) is 2. The van der Waals surface area contributed by atoms with E-state index in [1.165, 1.54) is 31.2 Å². The van der Waals surface area contributed by atoms with Crippen molar-refractivity contribution in [2.24, 2.45) is 0 Å². The van der Waals surface area contributed by atoms with Gasteiger partial charge in [-0.1, -0.05) is 19.1 Å². The van der Waals surface area contributed by atoms with Gasteiger partial charge in [0, 0.05) is 6.54 Å². The lowest BCUT2D eigenvalue weighted by Gasteiger charge is -2.19. The summed E-state index contributed by atoms with van der Waals surface area (Å²) in [6.45, 7) is 4.26. The van der Waals surface area contributed by atoms with Crippen LogP contribution in [0.3, 0.4) is 0 Å². The molecule has 0 saturated carbocycles. The highest BCUT2D eigenvalue weighted by Gasteiger charge is 2.47. The van der Waals surface area contributed by atoms with Crippen LogP contribution in [0.2, 0.25) is 0 Å². The highest BCUT2D eigenvalue weighted by atomic mass is 19.1. The van der Waals surface area contributed by atoms with Crippen molar-refractivity contribution >= 4 is 23.8 Å². The molecule has 4 amide bonds. The summed E-state index contributed by atoms with van der Waals surface area (Å²) < 4.78 is 17.8. The zero-order valence-corrected chi connectivity index (χ0v) is 15.4. The first-order chi connectivity index (χ1) is 12.7. The van der Waals surface area contributed by atoms with Gasteiger partial charge in [-0.25, -0.2) is 9.18 Å². The molecule has 1 aromatic carbocycles. The Morgan fingerprint density at radius 1 is 1.30 bits per heavy atom. The van der Waals surface area contributed by atoms with E-state index in [0.717, 1.165) is 4.90 Å². The lowest BCUT2D eigenvalue weighted by molar-refractivity contribution is -0.156. The summed E-state index contributed by atoms with van der Waals surface area (Å²) in [4.78, 5) is 48.9. The lowest BCUT2D eigenvalue weighted by atomic mass is 9.99. The summed E-state index contributed by atoms with van der Waals surface area (Å²) in [7, 11) is 0. The monoisotopic (exact) mass is 379 g/mol. The molecule has 2 atom stereocenters. The molecule has 1 aliphatic heterocycles. The number of benzene rings is 1. The molecule has 0 bridgehead atoms. The molecule has 2 N–H and O–H groups in total. The van der Waals surface area contributed by atoms with E-state index in [1.807, 2.05) is 0 Å². The molecule has 1 aliphatic rings. The van der Waals surface area contributed by atoms with E-state index in [4.69, 9.17) is 4.74 Å². The molecule has 1 heterocycles. The van der Waals surface area contributed by atoms with E-state index in [0.29, 0.717) is 12.0 Å². The number of halogens is 1. The first kappa shape index (κ1) is 20.3. The molecule has 0 spiro atoms. The number of hydrogen-bond acceptors (Lipinski definition) is 5. The van der Waals surface area contributed by atoms with Gasteiger partial charge >= 0.3 is 12.0 Å². The van der Waals surface area contributed by atoms with Gasteiger partial charge in [0.25, 0.3) is 11.8 Å². The molecule has 27 heavy (non-hydrogen) atoms. The quantitative estimate of drug-likeness (QED) is 0.545. The maximum Gasteiger partial charge on any atom is 0.327 e. The molecule has 1 fully saturated rings. The van der Waals surface area contributed by atoms with Gasteiger partial charge in [-0.15, -0.1) is 0 Å². The van der Waals surface area contributed by atoms with Crippen molar-refractivity contribution in [3.63, 3.8) is 0 Å². The maximum absolute atomic E-state index is 12.8. The zero-order valence-electron chi connectivity index (χ0n) is 15.4. The largest absolute Gasteiger partial charge is 0.451 e. The van der Waals surface area contributed by atoms with Crippen LogP contribution >= 0.6 is 0 Å². The van der Waals surface area contributed by atoms with Gasteiger partial charge < -0.3 is 15.4 Å². The van der Waals surface area contributed by atoms with E-state index in [9.17, 15) is 23.6 Å². The van der Waals surface area contributed by atoms with Gasteiger partial charge in [0.15, 0.2) is 6.10 Å². The Bertz CT molecular complexity index is 752. The molecule has 0 aromatic heterocycles. The maximum atomic E-state index is 12.8. The van der Waals surface area contributed by atoms with Gasteiger partial charge in [0.1, 0.15) is 17.9 Å². The Hall–Kier alpha value is -2.97. The number of hydrogen-bond donors (Lipinski definition) is 2. The molecular weight excluding hydrogens is 357 g/mol. The van der Waals surface area contributed by atoms with Crippen LogP contribution in [0.15, 0.2) is 24.3 Å². The standard InChI is InChI=1S/C18H22FN3O5/c1-4-18(3)16(25)22(17(26)21-18)10-14(23)27-11(2)15(24)20-9-12-5-7-13(19)8-6-12/h5-8,11H,4,9-10H2,1-3H3,(H,20,24)(H,21,26)/t11-,18+/m0/s1. The topological polar surface area (TPSA) is 105 Å². The number of ether oxygens (including phenoxy) is 1. The van der Waals surface area contributed by atoms with E-state index in [2.05, 4.69) is 10.6 Å². The first-order valence-corrected chi connectivity index (χ1v) is 8.52. The van der Waals surface area contributed by atoms with E-state index in [-0.39, 0.29) is 12.4 Å². The molecule has 0 unspecified atom stereocenters. The summed E-state index contributed by atoms with van der Waals surface area (Å²) in [5.74, 6) is -2.32. The second-order valence-corrected chi connectivity index (χ2v) is 6.48. The van der Waals surface area contributed by atoms with Crippen molar-refractivity contribution in [3.8, 4) is 0 Å². The third kappa shape index (κ3) is 4.81. The number of urea groups is 1. The predicted molar refractivity (Wildman–Crippen MR) is 92.7 cm³/mol. The summed E-state index contributed by atoms with van der Waals surface area (Å²) in [6.07, 6.45) is -0.734. The number of carbonyl (C=O) groups excluding carboxylic acids is 4. The molecule has 9 heteroatoms. The minimum Gasteiger partial charge on any atom is -0.451 e. The number of nitrogens with zero attached hydrogens (tertiary/aromatic N) is 1. The summed E-state index contributed by atoms with van der Waals surface area (Å²) in [5, 5.41) is 5.09. The Morgan fingerprint density at radius 3 is 2.48 bits per heavy atom. The Balaban J connectivity index is 1.84. The zero-order chi connectivity index (χ0) is 20.2. The Morgan fingerprint density at radius 2 is 1.93 bits per heavy atom.